The van der Waals surface area contributed by atoms with E-state index in [1.165, 1.54) is 12.5 Å². The molecule has 0 aliphatic heterocycles. The van der Waals surface area contributed by atoms with Gasteiger partial charge in [-0.1, -0.05) is 18.2 Å². The molecule has 0 bridgehead atoms. The van der Waals surface area contributed by atoms with E-state index in [4.69, 9.17) is 5.11 Å². The Morgan fingerprint density at radius 2 is 1.94 bits per heavy atom. The van der Waals surface area contributed by atoms with E-state index in [2.05, 4.69) is 4.98 Å². The highest BCUT2D eigenvalue weighted by Crippen LogP contribution is 2.20. The van der Waals surface area contributed by atoms with Crippen molar-refractivity contribution in [2.45, 2.75) is 13.8 Å². The van der Waals surface area contributed by atoms with Crippen LogP contribution in [0.1, 0.15) is 21.6 Å². The predicted molar refractivity (Wildman–Crippen MR) is 60.0 cm³/mol. The standard InChI is InChI=1S/C12H12N2O2/c1-8-4-3-5-9(2)11(8)14-7-13-6-10(14)12(15)16/h3-7H,1-2H3,(H,15,16). The molecule has 16 heavy (non-hydrogen) atoms. The van der Waals surface area contributed by atoms with Crippen LogP contribution >= 0.6 is 0 Å². The van der Waals surface area contributed by atoms with Crippen molar-refractivity contribution in [2.24, 2.45) is 0 Å². The highest BCUT2D eigenvalue weighted by molar-refractivity contribution is 5.86. The van der Waals surface area contributed by atoms with Crippen LogP contribution in [0.25, 0.3) is 5.69 Å². The number of aromatic carboxylic acids is 1. The number of rotatable bonds is 2. The maximum absolute atomic E-state index is 11.0. The smallest absolute Gasteiger partial charge is 0.354 e. The van der Waals surface area contributed by atoms with Crippen LogP contribution in [0.4, 0.5) is 0 Å². The fraction of sp³-hybridized carbons (Fsp3) is 0.167. The van der Waals surface area contributed by atoms with Gasteiger partial charge in [-0.05, 0) is 25.0 Å². The summed E-state index contributed by atoms with van der Waals surface area (Å²) in [6.07, 6.45) is 2.88. The van der Waals surface area contributed by atoms with Crippen molar-refractivity contribution in [2.75, 3.05) is 0 Å². The van der Waals surface area contributed by atoms with Crippen LogP contribution in [0.3, 0.4) is 0 Å². The molecule has 1 aromatic carbocycles. The van der Waals surface area contributed by atoms with Gasteiger partial charge < -0.3 is 5.11 Å². The molecule has 4 heteroatoms. The van der Waals surface area contributed by atoms with Crippen molar-refractivity contribution in [3.05, 3.63) is 47.5 Å². The number of carbonyl (C=O) groups is 1. The highest BCUT2D eigenvalue weighted by Gasteiger charge is 2.13. The second-order valence-corrected chi connectivity index (χ2v) is 3.69. The van der Waals surface area contributed by atoms with Crippen LogP contribution in [0, 0.1) is 13.8 Å². The van der Waals surface area contributed by atoms with Gasteiger partial charge in [0, 0.05) is 0 Å². The molecule has 82 valence electrons. The molecule has 0 radical (unpaired) electrons. The van der Waals surface area contributed by atoms with Gasteiger partial charge in [0.1, 0.15) is 0 Å². The van der Waals surface area contributed by atoms with Crippen LogP contribution in [0.15, 0.2) is 30.7 Å². The fourth-order valence-electron chi connectivity index (χ4n) is 1.82. The van der Waals surface area contributed by atoms with E-state index >= 15 is 0 Å². The summed E-state index contributed by atoms with van der Waals surface area (Å²) in [6.45, 7) is 3.90. The third-order valence-corrected chi connectivity index (χ3v) is 2.54. The molecule has 0 atom stereocenters. The van der Waals surface area contributed by atoms with Crippen LogP contribution in [0.5, 0.6) is 0 Å². The Morgan fingerprint density at radius 1 is 1.31 bits per heavy atom. The molecule has 0 fully saturated rings. The maximum Gasteiger partial charge on any atom is 0.354 e. The van der Waals surface area contributed by atoms with Crippen LogP contribution < -0.4 is 0 Å². The van der Waals surface area contributed by atoms with Crippen molar-refractivity contribution >= 4 is 5.97 Å². The van der Waals surface area contributed by atoms with E-state index in [9.17, 15) is 4.79 Å². The lowest BCUT2D eigenvalue weighted by atomic mass is 10.1. The Hall–Kier alpha value is -2.10. The lowest BCUT2D eigenvalue weighted by Gasteiger charge is -2.11. The van der Waals surface area contributed by atoms with Crippen LogP contribution in [-0.4, -0.2) is 20.6 Å². The minimum atomic E-state index is -0.972. The first-order chi connectivity index (χ1) is 7.61. The molecule has 1 N–H and O–H groups in total. The lowest BCUT2D eigenvalue weighted by molar-refractivity contribution is 0.0688. The third-order valence-electron chi connectivity index (χ3n) is 2.54. The summed E-state index contributed by atoms with van der Waals surface area (Å²) < 4.78 is 1.60. The van der Waals surface area contributed by atoms with Crippen molar-refractivity contribution in [1.82, 2.24) is 9.55 Å². The van der Waals surface area contributed by atoms with Gasteiger partial charge in [-0.25, -0.2) is 9.78 Å². The molecule has 0 aliphatic carbocycles. The van der Waals surface area contributed by atoms with Gasteiger partial charge in [0.25, 0.3) is 0 Å². The van der Waals surface area contributed by atoms with E-state index in [1.54, 1.807) is 4.57 Å². The summed E-state index contributed by atoms with van der Waals surface area (Å²) in [5.41, 5.74) is 3.12. The molecule has 0 saturated carbocycles. The molecular formula is C12H12N2O2. The normalized spacial score (nSPS) is 10.4. The first kappa shape index (κ1) is 10.4. The van der Waals surface area contributed by atoms with Gasteiger partial charge in [0.05, 0.1) is 18.2 Å². The first-order valence-corrected chi connectivity index (χ1v) is 4.93. The molecule has 2 aromatic rings. The van der Waals surface area contributed by atoms with E-state index in [0.717, 1.165) is 16.8 Å². The van der Waals surface area contributed by atoms with E-state index in [1.807, 2.05) is 32.0 Å². The predicted octanol–water partition coefficient (Wildman–Crippen LogP) is 2.19. The Labute approximate surface area is 93.2 Å². The largest absolute Gasteiger partial charge is 0.477 e. The zero-order valence-electron chi connectivity index (χ0n) is 9.14. The topological polar surface area (TPSA) is 55.1 Å². The van der Waals surface area contributed by atoms with Crippen molar-refractivity contribution < 1.29 is 9.90 Å². The zero-order chi connectivity index (χ0) is 11.7. The molecule has 0 aliphatic rings. The minimum Gasteiger partial charge on any atom is -0.477 e. The van der Waals surface area contributed by atoms with Gasteiger partial charge in [-0.2, -0.15) is 0 Å². The highest BCUT2D eigenvalue weighted by atomic mass is 16.4. The molecule has 0 unspecified atom stereocenters. The van der Waals surface area contributed by atoms with Gasteiger partial charge in [0.15, 0.2) is 5.69 Å². The number of carboxylic acids is 1. The summed E-state index contributed by atoms with van der Waals surface area (Å²) in [6, 6.07) is 5.85. The first-order valence-electron chi connectivity index (χ1n) is 4.93. The number of hydrogen-bond donors (Lipinski definition) is 1. The van der Waals surface area contributed by atoms with Crippen molar-refractivity contribution in [3.8, 4) is 5.69 Å². The second kappa shape index (κ2) is 3.81. The quantitative estimate of drug-likeness (QED) is 0.837. The molecule has 2 rings (SSSR count). The summed E-state index contributed by atoms with van der Waals surface area (Å²) in [5, 5.41) is 9.04. The Kier molecular flexibility index (Phi) is 2.48. The number of para-hydroxylation sites is 1. The number of hydrogen-bond acceptors (Lipinski definition) is 2. The van der Waals surface area contributed by atoms with Gasteiger partial charge in [-0.3, -0.25) is 4.57 Å². The van der Waals surface area contributed by atoms with Crippen molar-refractivity contribution in [3.63, 3.8) is 0 Å². The summed E-state index contributed by atoms with van der Waals surface area (Å²) in [4.78, 5) is 14.9. The number of imidazole rings is 1. The number of benzene rings is 1. The monoisotopic (exact) mass is 216 g/mol. The number of aromatic nitrogens is 2. The Morgan fingerprint density at radius 3 is 2.50 bits per heavy atom. The Balaban J connectivity index is 2.68. The molecular weight excluding hydrogens is 204 g/mol. The second-order valence-electron chi connectivity index (χ2n) is 3.69. The van der Waals surface area contributed by atoms with Gasteiger partial charge >= 0.3 is 5.97 Å². The minimum absolute atomic E-state index is 0.178. The van der Waals surface area contributed by atoms with Crippen molar-refractivity contribution in [1.29, 1.82) is 0 Å². The average molecular weight is 216 g/mol. The van der Waals surface area contributed by atoms with Crippen LogP contribution in [-0.2, 0) is 0 Å². The number of aryl methyl sites for hydroxylation is 2. The molecule has 1 heterocycles. The van der Waals surface area contributed by atoms with E-state index in [0.29, 0.717) is 0 Å². The van der Waals surface area contributed by atoms with Crippen LogP contribution in [0.2, 0.25) is 0 Å². The number of nitrogens with zero attached hydrogens (tertiary/aromatic N) is 2. The third kappa shape index (κ3) is 1.58. The number of carboxylic acid groups (broad SMARTS) is 1. The zero-order valence-corrected chi connectivity index (χ0v) is 9.14. The fourth-order valence-corrected chi connectivity index (χ4v) is 1.82. The van der Waals surface area contributed by atoms with E-state index in [-0.39, 0.29) is 5.69 Å². The van der Waals surface area contributed by atoms with Gasteiger partial charge in [-0.15, -0.1) is 0 Å². The summed E-state index contributed by atoms with van der Waals surface area (Å²) in [5.74, 6) is -0.972. The Bertz CT molecular complexity index is 523. The van der Waals surface area contributed by atoms with Gasteiger partial charge in [0.2, 0.25) is 0 Å². The molecule has 0 amide bonds. The van der Waals surface area contributed by atoms with E-state index < -0.39 is 5.97 Å². The average Bonchev–Trinajstić information content (AvgIpc) is 2.66. The lowest BCUT2D eigenvalue weighted by Crippen LogP contribution is -2.08. The summed E-state index contributed by atoms with van der Waals surface area (Å²) in [7, 11) is 0. The molecule has 1 aromatic heterocycles. The molecule has 0 saturated heterocycles. The molecule has 4 nitrogen and oxygen atoms in total. The summed E-state index contributed by atoms with van der Waals surface area (Å²) >= 11 is 0. The maximum atomic E-state index is 11.0. The molecule has 0 spiro atoms. The SMILES string of the molecule is Cc1cccc(C)c1-n1cncc1C(=O)O.